The molecule has 0 radical (unpaired) electrons. The fourth-order valence-electron chi connectivity index (χ4n) is 2.76. The van der Waals surface area contributed by atoms with Crippen LogP contribution in [0.3, 0.4) is 0 Å². The third kappa shape index (κ3) is 3.27. The molecule has 8 heteroatoms. The Balaban J connectivity index is 1.70. The molecule has 0 aliphatic carbocycles. The van der Waals surface area contributed by atoms with Gasteiger partial charge < -0.3 is 25.0 Å². The highest BCUT2D eigenvalue weighted by molar-refractivity contribution is 5.61. The number of benzene rings is 1. The average Bonchev–Trinajstić information content (AvgIpc) is 3.15. The number of aliphatic hydroxyl groups excluding tert-OH is 3. The summed E-state index contributed by atoms with van der Waals surface area (Å²) in [6.07, 6.45) is -1.80. The van der Waals surface area contributed by atoms with Crippen LogP contribution in [0.5, 0.6) is 0 Å². The first kappa shape index (κ1) is 16.8. The number of rotatable bonds is 5. The van der Waals surface area contributed by atoms with E-state index in [0.717, 1.165) is 11.3 Å². The molecule has 1 aliphatic rings. The lowest BCUT2D eigenvalue weighted by Crippen LogP contribution is -2.35. The maximum absolute atomic E-state index is 9.97. The van der Waals surface area contributed by atoms with E-state index in [1.165, 1.54) is 0 Å². The Morgan fingerprint density at radius 1 is 1.12 bits per heavy atom. The molecule has 2 aromatic rings. The van der Waals surface area contributed by atoms with E-state index in [4.69, 9.17) is 9.84 Å². The molecule has 1 saturated heterocycles. The first-order valence-corrected chi connectivity index (χ1v) is 7.80. The van der Waals surface area contributed by atoms with E-state index in [9.17, 15) is 10.2 Å². The normalized spacial score (nSPS) is 26.7. The Morgan fingerprint density at radius 2 is 1.79 bits per heavy atom. The van der Waals surface area contributed by atoms with Gasteiger partial charge >= 0.3 is 0 Å². The standard InChI is InChI=1S/C16H22N4O4/c1-19(2)11-5-3-10(4-6-11)12-7-20(18-17-12)8-13-15(22)16(23)14(9-21)24-13/h3-7,13-16,21-23H,8-9H2,1-2H3/t13-,14+,15+,16+/m0/s1. The van der Waals surface area contributed by atoms with Crippen LogP contribution in [0.25, 0.3) is 11.3 Å². The number of ether oxygens (including phenoxy) is 1. The lowest BCUT2D eigenvalue weighted by molar-refractivity contribution is -0.0276. The van der Waals surface area contributed by atoms with Crippen LogP contribution in [0.15, 0.2) is 30.5 Å². The molecule has 8 nitrogen and oxygen atoms in total. The van der Waals surface area contributed by atoms with E-state index < -0.39 is 24.4 Å². The Morgan fingerprint density at radius 3 is 2.38 bits per heavy atom. The second kappa shape index (κ2) is 6.86. The molecule has 0 saturated carbocycles. The van der Waals surface area contributed by atoms with Gasteiger partial charge in [0.2, 0.25) is 0 Å². The smallest absolute Gasteiger partial charge is 0.113 e. The molecule has 0 unspecified atom stereocenters. The Labute approximate surface area is 139 Å². The molecule has 1 fully saturated rings. The molecule has 0 amide bonds. The molecular weight excluding hydrogens is 312 g/mol. The van der Waals surface area contributed by atoms with Crippen molar-refractivity contribution in [2.45, 2.75) is 31.0 Å². The third-order valence-corrected chi connectivity index (χ3v) is 4.23. The second-order valence-corrected chi connectivity index (χ2v) is 6.14. The number of hydrogen-bond acceptors (Lipinski definition) is 7. The van der Waals surface area contributed by atoms with Crippen molar-refractivity contribution in [3.63, 3.8) is 0 Å². The molecule has 1 aromatic carbocycles. The van der Waals surface area contributed by atoms with Crippen LogP contribution in [0.1, 0.15) is 0 Å². The van der Waals surface area contributed by atoms with Gasteiger partial charge in [-0.15, -0.1) is 5.10 Å². The minimum Gasteiger partial charge on any atom is -0.394 e. The summed E-state index contributed by atoms with van der Waals surface area (Å²) in [6.45, 7) is -0.0902. The van der Waals surface area contributed by atoms with Crippen LogP contribution in [0, 0.1) is 0 Å². The zero-order valence-electron chi connectivity index (χ0n) is 13.6. The molecule has 1 aromatic heterocycles. The maximum atomic E-state index is 9.97. The van der Waals surface area contributed by atoms with E-state index in [1.807, 2.05) is 43.3 Å². The molecule has 0 bridgehead atoms. The van der Waals surface area contributed by atoms with Gasteiger partial charge in [0, 0.05) is 25.3 Å². The highest BCUT2D eigenvalue weighted by Gasteiger charge is 2.42. The number of nitrogens with zero attached hydrogens (tertiary/aromatic N) is 4. The van der Waals surface area contributed by atoms with Crippen LogP contribution < -0.4 is 4.90 Å². The summed E-state index contributed by atoms with van der Waals surface area (Å²) in [6, 6.07) is 7.94. The number of anilines is 1. The third-order valence-electron chi connectivity index (χ3n) is 4.23. The monoisotopic (exact) mass is 334 g/mol. The van der Waals surface area contributed by atoms with Gasteiger partial charge in [-0.25, -0.2) is 4.68 Å². The predicted octanol–water partition coefficient (Wildman–Crippen LogP) is -0.507. The summed E-state index contributed by atoms with van der Waals surface area (Å²) < 4.78 is 7.02. The number of aromatic nitrogens is 3. The van der Waals surface area contributed by atoms with Gasteiger partial charge in [0.1, 0.15) is 30.1 Å². The molecular formula is C16H22N4O4. The quantitative estimate of drug-likeness (QED) is 0.677. The SMILES string of the molecule is CN(C)c1ccc(-c2cn(C[C@@H]3O[C@H](CO)[C@@H](O)[C@@H]3O)nn2)cc1. The summed E-state index contributed by atoms with van der Waals surface area (Å²) >= 11 is 0. The van der Waals surface area contributed by atoms with Gasteiger partial charge in [-0.3, -0.25) is 0 Å². The lowest BCUT2D eigenvalue weighted by atomic mass is 10.1. The summed E-state index contributed by atoms with van der Waals surface area (Å²) in [4.78, 5) is 2.02. The van der Waals surface area contributed by atoms with Crippen molar-refractivity contribution in [2.24, 2.45) is 0 Å². The fraction of sp³-hybridized carbons (Fsp3) is 0.500. The van der Waals surface area contributed by atoms with E-state index in [1.54, 1.807) is 10.9 Å². The van der Waals surface area contributed by atoms with Crippen molar-refractivity contribution in [1.82, 2.24) is 15.0 Å². The highest BCUT2D eigenvalue weighted by Crippen LogP contribution is 2.24. The minimum atomic E-state index is -1.10. The Bertz CT molecular complexity index is 673. The van der Waals surface area contributed by atoms with Gasteiger partial charge in [0.15, 0.2) is 0 Å². The largest absolute Gasteiger partial charge is 0.394 e. The summed E-state index contributed by atoms with van der Waals surface area (Å²) in [5.41, 5.74) is 2.75. The van der Waals surface area contributed by atoms with Gasteiger partial charge in [-0.2, -0.15) is 0 Å². The zero-order chi connectivity index (χ0) is 17.3. The Hall–Kier alpha value is -2.00. The van der Waals surface area contributed by atoms with Crippen molar-refractivity contribution in [3.8, 4) is 11.3 Å². The van der Waals surface area contributed by atoms with Gasteiger partial charge in [0.05, 0.1) is 19.3 Å². The van der Waals surface area contributed by atoms with Gasteiger partial charge in [-0.1, -0.05) is 17.3 Å². The van der Waals surface area contributed by atoms with E-state index >= 15 is 0 Å². The van der Waals surface area contributed by atoms with Crippen molar-refractivity contribution in [2.75, 3.05) is 25.6 Å². The van der Waals surface area contributed by atoms with Gasteiger partial charge in [-0.05, 0) is 12.1 Å². The van der Waals surface area contributed by atoms with Crippen LogP contribution in [0.2, 0.25) is 0 Å². The number of aliphatic hydroxyl groups is 3. The molecule has 1 aliphatic heterocycles. The molecule has 3 N–H and O–H groups in total. The lowest BCUT2D eigenvalue weighted by Gasteiger charge is -2.13. The van der Waals surface area contributed by atoms with E-state index in [-0.39, 0.29) is 13.2 Å². The van der Waals surface area contributed by atoms with Crippen LogP contribution in [0.4, 0.5) is 5.69 Å². The van der Waals surface area contributed by atoms with Crippen molar-refractivity contribution in [1.29, 1.82) is 0 Å². The van der Waals surface area contributed by atoms with Crippen molar-refractivity contribution < 1.29 is 20.1 Å². The van der Waals surface area contributed by atoms with Crippen LogP contribution >= 0.6 is 0 Å². The Kier molecular flexibility index (Phi) is 4.81. The minimum absolute atomic E-state index is 0.248. The van der Waals surface area contributed by atoms with E-state index in [2.05, 4.69) is 10.3 Å². The van der Waals surface area contributed by atoms with Crippen LogP contribution in [-0.2, 0) is 11.3 Å². The first-order chi connectivity index (χ1) is 11.5. The molecule has 2 heterocycles. The first-order valence-electron chi connectivity index (χ1n) is 7.80. The maximum Gasteiger partial charge on any atom is 0.113 e. The van der Waals surface area contributed by atoms with Crippen molar-refractivity contribution >= 4 is 5.69 Å². The molecule has 130 valence electrons. The molecule has 24 heavy (non-hydrogen) atoms. The number of hydrogen-bond donors (Lipinski definition) is 3. The highest BCUT2D eigenvalue weighted by atomic mass is 16.6. The summed E-state index contributed by atoms with van der Waals surface area (Å²) in [7, 11) is 3.96. The van der Waals surface area contributed by atoms with Crippen molar-refractivity contribution in [3.05, 3.63) is 30.5 Å². The summed E-state index contributed by atoms with van der Waals surface area (Å²) in [5.74, 6) is 0. The zero-order valence-corrected chi connectivity index (χ0v) is 13.6. The molecule has 3 rings (SSSR count). The van der Waals surface area contributed by atoms with Gasteiger partial charge in [0.25, 0.3) is 0 Å². The average molecular weight is 334 g/mol. The predicted molar refractivity (Wildman–Crippen MR) is 87.5 cm³/mol. The molecule has 4 atom stereocenters. The summed E-state index contributed by atoms with van der Waals surface area (Å²) in [5, 5.41) is 37.0. The van der Waals surface area contributed by atoms with Crippen LogP contribution in [-0.4, -0.2) is 75.4 Å². The topological polar surface area (TPSA) is 104 Å². The van der Waals surface area contributed by atoms with E-state index in [0.29, 0.717) is 5.69 Å². The second-order valence-electron chi connectivity index (χ2n) is 6.14. The molecule has 0 spiro atoms. The fourth-order valence-corrected chi connectivity index (χ4v) is 2.76.